The third-order valence-corrected chi connectivity index (χ3v) is 11.4. The fourth-order valence-electron chi connectivity index (χ4n) is 8.70. The lowest BCUT2D eigenvalue weighted by atomic mass is 9.82. The van der Waals surface area contributed by atoms with E-state index in [-0.39, 0.29) is 5.41 Å². The molecular formula is C53H40N2. The predicted molar refractivity (Wildman–Crippen MR) is 234 cm³/mol. The van der Waals surface area contributed by atoms with Crippen molar-refractivity contribution >= 4 is 55.7 Å². The van der Waals surface area contributed by atoms with Crippen LogP contribution in [0.15, 0.2) is 206 Å². The molecule has 0 heterocycles. The van der Waals surface area contributed by atoms with E-state index in [4.69, 9.17) is 0 Å². The van der Waals surface area contributed by atoms with Crippen LogP contribution in [-0.2, 0) is 5.41 Å². The zero-order valence-electron chi connectivity index (χ0n) is 31.0. The molecule has 1 aliphatic carbocycles. The van der Waals surface area contributed by atoms with Gasteiger partial charge in [-0.05, 0) is 134 Å². The summed E-state index contributed by atoms with van der Waals surface area (Å²) in [4.78, 5) is 4.64. The van der Waals surface area contributed by atoms with Gasteiger partial charge in [0.2, 0.25) is 0 Å². The Morgan fingerprint density at radius 1 is 0.327 bits per heavy atom. The van der Waals surface area contributed by atoms with Crippen LogP contribution in [0.1, 0.15) is 25.0 Å². The fourth-order valence-corrected chi connectivity index (χ4v) is 8.70. The van der Waals surface area contributed by atoms with Crippen molar-refractivity contribution in [1.29, 1.82) is 0 Å². The molecule has 0 aliphatic heterocycles. The Balaban J connectivity index is 0.981. The fraction of sp³-hybridized carbons (Fsp3) is 0.0566. The Morgan fingerprint density at radius 2 is 0.709 bits per heavy atom. The molecule has 0 radical (unpaired) electrons. The van der Waals surface area contributed by atoms with Gasteiger partial charge in [-0.2, -0.15) is 0 Å². The summed E-state index contributed by atoms with van der Waals surface area (Å²) < 4.78 is 0. The zero-order valence-corrected chi connectivity index (χ0v) is 31.0. The first-order valence-corrected chi connectivity index (χ1v) is 19.1. The van der Waals surface area contributed by atoms with E-state index in [1.54, 1.807) is 0 Å². The molecule has 0 amide bonds. The normalized spacial score (nSPS) is 12.7. The number of para-hydroxylation sites is 3. The standard InChI is InChI=1S/C53H40N2/c1-53(2)49-22-12-14-40-36-48(47-21-13-23-50(53)52(47)51(40)49)39-28-34-46(35-29-39)55(43-19-10-5-11-20-43)45-32-26-38(27-33-45)37-24-30-44(31-25-37)54(41-15-6-3-7-16-41)42-17-8-4-9-18-42/h3-36H,1-2H3. The minimum Gasteiger partial charge on any atom is -0.311 e. The summed E-state index contributed by atoms with van der Waals surface area (Å²) in [6, 6.07) is 74.7. The first-order valence-electron chi connectivity index (χ1n) is 19.1. The molecule has 0 saturated carbocycles. The maximum atomic E-state index is 2.39. The van der Waals surface area contributed by atoms with Crippen LogP contribution in [0, 0.1) is 0 Å². The number of rotatable bonds is 8. The molecule has 2 heteroatoms. The molecule has 2 nitrogen and oxygen atoms in total. The van der Waals surface area contributed by atoms with Crippen LogP contribution in [0.5, 0.6) is 0 Å². The molecule has 0 atom stereocenters. The van der Waals surface area contributed by atoms with Crippen LogP contribution in [0.3, 0.4) is 0 Å². The topological polar surface area (TPSA) is 6.48 Å². The van der Waals surface area contributed by atoms with E-state index in [1.807, 2.05) is 0 Å². The van der Waals surface area contributed by atoms with Crippen LogP contribution in [0.2, 0.25) is 0 Å². The van der Waals surface area contributed by atoms with Gasteiger partial charge >= 0.3 is 0 Å². The highest BCUT2D eigenvalue weighted by atomic mass is 15.1. The molecular weight excluding hydrogens is 665 g/mol. The molecule has 262 valence electrons. The minimum absolute atomic E-state index is 0.00897. The van der Waals surface area contributed by atoms with E-state index in [2.05, 4.69) is 230 Å². The van der Waals surface area contributed by atoms with Gasteiger partial charge in [0.05, 0.1) is 0 Å². The van der Waals surface area contributed by atoms with E-state index in [1.165, 1.54) is 54.9 Å². The van der Waals surface area contributed by atoms with Crippen LogP contribution >= 0.6 is 0 Å². The number of anilines is 6. The number of nitrogens with zero attached hydrogens (tertiary/aromatic N) is 2. The molecule has 0 saturated heterocycles. The van der Waals surface area contributed by atoms with Crippen LogP contribution in [0.25, 0.3) is 43.8 Å². The van der Waals surface area contributed by atoms with Crippen molar-refractivity contribution in [2.24, 2.45) is 0 Å². The Hall–Kier alpha value is -6.90. The van der Waals surface area contributed by atoms with Gasteiger partial charge in [-0.15, -0.1) is 0 Å². The highest BCUT2D eigenvalue weighted by Crippen LogP contribution is 2.51. The summed E-state index contributed by atoms with van der Waals surface area (Å²) in [7, 11) is 0. The van der Waals surface area contributed by atoms with Crippen molar-refractivity contribution in [1.82, 2.24) is 0 Å². The molecule has 0 unspecified atom stereocenters. The van der Waals surface area contributed by atoms with E-state index in [0.29, 0.717) is 0 Å². The summed E-state index contributed by atoms with van der Waals surface area (Å²) in [5.74, 6) is 0. The van der Waals surface area contributed by atoms with Gasteiger partial charge in [0.15, 0.2) is 0 Å². The minimum atomic E-state index is -0.00897. The van der Waals surface area contributed by atoms with Crippen molar-refractivity contribution in [3.63, 3.8) is 0 Å². The third kappa shape index (κ3) is 5.57. The highest BCUT2D eigenvalue weighted by molar-refractivity contribution is 6.19. The lowest BCUT2D eigenvalue weighted by molar-refractivity contribution is 0.663. The van der Waals surface area contributed by atoms with Crippen molar-refractivity contribution in [2.45, 2.75) is 19.3 Å². The second-order valence-corrected chi connectivity index (χ2v) is 15.0. The van der Waals surface area contributed by atoms with E-state index in [0.717, 1.165) is 34.1 Å². The SMILES string of the molecule is CC1(C)c2cccc3cc(-c4ccc(N(c5ccccc5)c5ccc(-c6ccc(N(c7ccccc7)c7ccccc7)cc6)cc5)cc4)c4cccc1c4c23. The third-order valence-electron chi connectivity index (χ3n) is 11.4. The van der Waals surface area contributed by atoms with Gasteiger partial charge in [-0.25, -0.2) is 0 Å². The molecule has 9 aromatic carbocycles. The molecule has 55 heavy (non-hydrogen) atoms. The summed E-state index contributed by atoms with van der Waals surface area (Å²) in [6.07, 6.45) is 0. The van der Waals surface area contributed by atoms with Crippen LogP contribution in [0.4, 0.5) is 34.1 Å². The lowest BCUT2D eigenvalue weighted by Crippen LogP contribution is -2.14. The van der Waals surface area contributed by atoms with Gasteiger partial charge < -0.3 is 9.80 Å². The quantitative estimate of drug-likeness (QED) is 0.145. The lowest BCUT2D eigenvalue weighted by Gasteiger charge is -2.26. The molecule has 10 rings (SSSR count). The van der Waals surface area contributed by atoms with Gasteiger partial charge in [-0.3, -0.25) is 0 Å². The van der Waals surface area contributed by atoms with Gasteiger partial charge in [0.25, 0.3) is 0 Å². The summed E-state index contributed by atoms with van der Waals surface area (Å²) >= 11 is 0. The Labute approximate surface area is 323 Å². The summed E-state index contributed by atoms with van der Waals surface area (Å²) in [6.45, 7) is 4.72. The first kappa shape index (κ1) is 32.7. The number of hydrogen-bond acceptors (Lipinski definition) is 2. The maximum Gasteiger partial charge on any atom is 0.0462 e. The second kappa shape index (κ2) is 13.2. The Morgan fingerprint density at radius 3 is 1.16 bits per heavy atom. The molecule has 0 N–H and O–H groups in total. The molecule has 1 aliphatic rings. The summed E-state index contributed by atoms with van der Waals surface area (Å²) in [5, 5.41) is 5.46. The zero-order chi connectivity index (χ0) is 36.9. The monoisotopic (exact) mass is 704 g/mol. The van der Waals surface area contributed by atoms with Crippen molar-refractivity contribution < 1.29 is 0 Å². The first-order chi connectivity index (χ1) is 27.0. The van der Waals surface area contributed by atoms with Gasteiger partial charge in [0.1, 0.15) is 0 Å². The maximum absolute atomic E-state index is 2.39. The van der Waals surface area contributed by atoms with Crippen molar-refractivity contribution in [3.05, 3.63) is 217 Å². The van der Waals surface area contributed by atoms with Crippen LogP contribution in [-0.4, -0.2) is 0 Å². The predicted octanol–water partition coefficient (Wildman–Crippen LogP) is 14.9. The van der Waals surface area contributed by atoms with Crippen molar-refractivity contribution in [3.8, 4) is 22.3 Å². The van der Waals surface area contributed by atoms with E-state index in [9.17, 15) is 0 Å². The smallest absolute Gasteiger partial charge is 0.0462 e. The second-order valence-electron chi connectivity index (χ2n) is 15.0. The van der Waals surface area contributed by atoms with Gasteiger partial charge in [0, 0.05) is 39.5 Å². The van der Waals surface area contributed by atoms with Crippen molar-refractivity contribution in [2.75, 3.05) is 9.80 Å². The molecule has 9 aromatic rings. The number of hydrogen-bond donors (Lipinski definition) is 0. The highest BCUT2D eigenvalue weighted by Gasteiger charge is 2.34. The molecule has 0 aromatic heterocycles. The number of benzene rings is 9. The molecule has 0 bridgehead atoms. The average molecular weight is 705 g/mol. The van der Waals surface area contributed by atoms with E-state index < -0.39 is 0 Å². The Bertz CT molecular complexity index is 2750. The molecule has 0 spiro atoms. The van der Waals surface area contributed by atoms with E-state index >= 15 is 0 Å². The van der Waals surface area contributed by atoms with Crippen LogP contribution < -0.4 is 9.80 Å². The Kier molecular flexibility index (Phi) is 7.85. The van der Waals surface area contributed by atoms with Gasteiger partial charge in [-0.1, -0.05) is 141 Å². The molecule has 0 fully saturated rings. The largest absolute Gasteiger partial charge is 0.311 e. The average Bonchev–Trinajstić information content (AvgIpc) is 3.49. The summed E-state index contributed by atoms with van der Waals surface area (Å²) in [5.41, 5.74) is 14.4.